The van der Waals surface area contributed by atoms with Crippen molar-refractivity contribution in [2.75, 3.05) is 26.4 Å². The molecule has 20 atom stereocenters. The maximum Gasteiger partial charge on any atom is 0.164 e. The normalized spacial score (nSPS) is 52.6. The second-order valence-electron chi connectivity index (χ2n) is 32.3. The van der Waals surface area contributed by atoms with Gasteiger partial charge in [-0.05, 0) is 229 Å². The highest BCUT2D eigenvalue weighted by molar-refractivity contribution is 5.87. The van der Waals surface area contributed by atoms with Gasteiger partial charge in [-0.2, -0.15) is 0 Å². The van der Waals surface area contributed by atoms with E-state index in [1.165, 1.54) is 103 Å². The van der Waals surface area contributed by atoms with Crippen LogP contribution in [0, 0.1) is 112 Å². The first-order valence-electron chi connectivity index (χ1n) is 30.5. The number of carbonyl (C=O) groups is 2. The minimum atomic E-state index is -0.954. The molecule has 0 bridgehead atoms. The Bertz CT molecular complexity index is 1900. The van der Waals surface area contributed by atoms with Crippen molar-refractivity contribution < 1.29 is 45.3 Å². The Morgan fingerprint density at radius 1 is 0.405 bits per heavy atom. The van der Waals surface area contributed by atoms with Gasteiger partial charge in [0.25, 0.3) is 0 Å². The van der Waals surface area contributed by atoms with Gasteiger partial charge in [0.05, 0.1) is 26.4 Å². The number of aliphatic hydroxyl groups is 7. The second-order valence-corrected chi connectivity index (χ2v) is 32.3. The highest BCUT2D eigenvalue weighted by Crippen LogP contribution is 2.80. The van der Waals surface area contributed by atoms with Crippen LogP contribution in [0.15, 0.2) is 0 Å². The van der Waals surface area contributed by atoms with Crippen LogP contribution in [0.5, 0.6) is 0 Å². The van der Waals surface area contributed by atoms with Crippen LogP contribution in [0.2, 0.25) is 0 Å². The van der Waals surface area contributed by atoms with Gasteiger partial charge in [0.15, 0.2) is 11.6 Å². The molecular weight excluding hydrogens is 925 g/mol. The van der Waals surface area contributed by atoms with Crippen molar-refractivity contribution in [3.63, 3.8) is 0 Å². The first-order valence-corrected chi connectivity index (χ1v) is 30.5. The van der Waals surface area contributed by atoms with Crippen LogP contribution >= 0.6 is 0 Å². The van der Waals surface area contributed by atoms with E-state index in [0.717, 1.165) is 24.7 Å². The summed E-state index contributed by atoms with van der Waals surface area (Å²) in [6.07, 6.45) is 23.0. The number of ketones is 2. The Morgan fingerprint density at radius 2 is 0.703 bits per heavy atom. The average molecular weight is 1040 g/mol. The molecule has 74 heavy (non-hydrogen) atoms. The molecule has 0 aromatic carbocycles. The summed E-state index contributed by atoms with van der Waals surface area (Å²) in [5.41, 5.74) is 4.14. The minimum Gasteiger partial charge on any atom is -0.394 e. The largest absolute Gasteiger partial charge is 0.394 e. The van der Waals surface area contributed by atoms with Crippen molar-refractivity contribution in [1.82, 2.24) is 0 Å². The summed E-state index contributed by atoms with van der Waals surface area (Å²) in [6, 6.07) is 0. The van der Waals surface area contributed by atoms with Crippen molar-refractivity contribution in [1.29, 1.82) is 0 Å². The Labute approximate surface area is 451 Å². The molecule has 428 valence electrons. The van der Waals surface area contributed by atoms with Crippen LogP contribution in [0.25, 0.3) is 0 Å². The topological polar surface area (TPSA) is 176 Å². The maximum absolute atomic E-state index is 12.8. The minimum absolute atomic E-state index is 0.0102. The first kappa shape index (κ1) is 60.7. The summed E-state index contributed by atoms with van der Waals surface area (Å²) in [5.74, 6) is 4.21. The van der Waals surface area contributed by atoms with Crippen LogP contribution in [0.1, 0.15) is 239 Å². The third kappa shape index (κ3) is 9.26. The van der Waals surface area contributed by atoms with E-state index in [0.29, 0.717) is 79.8 Å². The number of hydrogen-bond acceptors (Lipinski definition) is 9. The molecule has 0 aromatic heterocycles. The number of fused-ring (bicyclic) bond motifs is 14. The molecule has 0 aromatic rings. The summed E-state index contributed by atoms with van der Waals surface area (Å²) in [4.78, 5) is 25.6. The van der Waals surface area contributed by atoms with Crippen LogP contribution in [0.4, 0.5) is 0 Å². The molecular formula is C65H114O9. The van der Waals surface area contributed by atoms with Gasteiger partial charge >= 0.3 is 0 Å². The van der Waals surface area contributed by atoms with Crippen molar-refractivity contribution in [2.24, 2.45) is 112 Å². The molecule has 0 unspecified atom stereocenters. The Morgan fingerprint density at radius 3 is 1.00 bits per heavy atom. The molecule has 9 nitrogen and oxygen atoms in total. The fourth-order valence-corrected chi connectivity index (χ4v) is 22.3. The highest BCUT2D eigenvalue weighted by Gasteiger charge is 2.73. The fraction of sp³-hybridized carbons (Fsp3) is 0.969. The Balaban J connectivity index is 0.000000183. The monoisotopic (exact) mass is 1040 g/mol. The van der Waals surface area contributed by atoms with Crippen LogP contribution in [0.3, 0.4) is 0 Å². The molecule has 10 saturated carbocycles. The van der Waals surface area contributed by atoms with Gasteiger partial charge in [-0.3, -0.25) is 9.59 Å². The predicted octanol–water partition coefficient (Wildman–Crippen LogP) is 12.2. The van der Waals surface area contributed by atoms with E-state index < -0.39 is 18.3 Å². The Hall–Kier alpha value is -0.940. The summed E-state index contributed by atoms with van der Waals surface area (Å²) in [7, 11) is 0. The summed E-state index contributed by atoms with van der Waals surface area (Å²) >= 11 is 0. The van der Waals surface area contributed by atoms with Gasteiger partial charge in [0, 0.05) is 11.8 Å². The lowest BCUT2D eigenvalue weighted by Gasteiger charge is -2.75. The quantitative estimate of drug-likeness (QED) is 0.145. The third-order valence-electron chi connectivity index (χ3n) is 28.1. The molecule has 0 heterocycles. The third-order valence-corrected chi connectivity index (χ3v) is 28.1. The second kappa shape index (κ2) is 20.2. The van der Waals surface area contributed by atoms with E-state index in [1.807, 2.05) is 0 Å². The Kier molecular flexibility index (Phi) is 16.6. The SMILES string of the molecule is C[C@H]1C(=O)[C@H](O)C[C@@H]2[C@]1(C)CC[C@H]1[C@@]2(C)CC[C@@]2(C)[C@@H]3CC(C)(C)CC[C@]3(C)CC[C@]12C.C[C@H]1C(=O)[C@H](O)C[C@@H]2[C@]1(C)CC[C@H]1[C@@]2(C)CC[C@@]2(C)[C@@H]3CC(C)(C)CC[C@]3(C)CC[C@]12C.OCC(O)CO.OCCO. The number of Topliss-reactive ketones (excluding diaryl/α,β-unsaturated/α-hetero) is 2. The molecule has 10 fully saturated rings. The van der Waals surface area contributed by atoms with E-state index in [1.54, 1.807) is 0 Å². The molecule has 0 amide bonds. The summed E-state index contributed by atoms with van der Waals surface area (Å²) in [5, 5.41) is 60.8. The van der Waals surface area contributed by atoms with Crippen molar-refractivity contribution in [3.8, 4) is 0 Å². The van der Waals surface area contributed by atoms with E-state index >= 15 is 0 Å². The number of carbonyl (C=O) groups excluding carboxylic acids is 2. The van der Waals surface area contributed by atoms with Crippen LogP contribution in [-0.2, 0) is 9.59 Å². The lowest BCUT2D eigenvalue weighted by molar-refractivity contribution is -0.259. The van der Waals surface area contributed by atoms with E-state index in [-0.39, 0.29) is 71.5 Å². The van der Waals surface area contributed by atoms with Gasteiger partial charge in [0.2, 0.25) is 0 Å². The van der Waals surface area contributed by atoms with E-state index in [9.17, 15) is 19.8 Å². The number of rotatable bonds is 3. The highest BCUT2D eigenvalue weighted by atomic mass is 16.3. The molecule has 7 N–H and O–H groups in total. The first-order chi connectivity index (χ1) is 34.0. The zero-order valence-electron chi connectivity index (χ0n) is 50.3. The molecule has 9 heteroatoms. The van der Waals surface area contributed by atoms with Gasteiger partial charge in [-0.15, -0.1) is 0 Å². The van der Waals surface area contributed by atoms with Gasteiger partial charge < -0.3 is 35.7 Å². The zero-order chi connectivity index (χ0) is 55.5. The van der Waals surface area contributed by atoms with E-state index in [2.05, 4.69) is 111 Å². The molecule has 10 aliphatic carbocycles. The van der Waals surface area contributed by atoms with Crippen molar-refractivity contribution >= 4 is 11.6 Å². The van der Waals surface area contributed by atoms with Crippen molar-refractivity contribution in [2.45, 2.75) is 258 Å². The van der Waals surface area contributed by atoms with Crippen LogP contribution < -0.4 is 0 Å². The number of hydrogen-bond donors (Lipinski definition) is 7. The zero-order valence-corrected chi connectivity index (χ0v) is 50.3. The standard InChI is InChI=1S/2C30H50O2.C3H8O3.C2H6O2/c2*1-19-24(32)20(31)17-22-27(19,5)10-9-21-28(22,6)14-16-30(8)23-18-25(2,3)11-12-26(23,4)13-15-29(21,30)7;4-1-3(6)2-5;3-1-2-4/h2*19-23,31H,9-18H2,1-8H3;3-6H,1-2H2;3-4H,1-2H2/t2*19-,20+,21-,22+,23+,26+,27+,28+,29+,30-;;/m00../s1. The van der Waals surface area contributed by atoms with Gasteiger partial charge in [0.1, 0.15) is 18.3 Å². The molecule has 0 radical (unpaired) electrons. The average Bonchev–Trinajstić information content (AvgIpc) is 3.34. The molecule has 0 spiro atoms. The molecule has 10 rings (SSSR count). The molecule has 0 aliphatic heterocycles. The van der Waals surface area contributed by atoms with Crippen LogP contribution in [-0.4, -0.2) is 92.1 Å². The maximum atomic E-state index is 12.8. The fourth-order valence-electron chi connectivity index (χ4n) is 22.3. The van der Waals surface area contributed by atoms with Gasteiger partial charge in [-0.1, -0.05) is 111 Å². The lowest BCUT2D eigenvalue weighted by atomic mass is 9.30. The van der Waals surface area contributed by atoms with E-state index in [4.69, 9.17) is 25.5 Å². The molecule has 0 saturated heterocycles. The summed E-state index contributed by atoms with van der Waals surface area (Å²) in [6.45, 7) is 39.3. The lowest BCUT2D eigenvalue weighted by Crippen LogP contribution is -2.68. The number of aliphatic hydroxyl groups excluding tert-OH is 7. The smallest absolute Gasteiger partial charge is 0.164 e. The predicted molar refractivity (Wildman–Crippen MR) is 297 cm³/mol. The van der Waals surface area contributed by atoms with Gasteiger partial charge in [-0.25, -0.2) is 0 Å². The van der Waals surface area contributed by atoms with Crippen molar-refractivity contribution in [3.05, 3.63) is 0 Å². The molecule has 10 aliphatic rings. The summed E-state index contributed by atoms with van der Waals surface area (Å²) < 4.78 is 0.